The Morgan fingerprint density at radius 2 is 2.00 bits per heavy atom. The van der Waals surface area contributed by atoms with E-state index < -0.39 is 0 Å². The Hall–Kier alpha value is -1.58. The van der Waals surface area contributed by atoms with Gasteiger partial charge in [-0.25, -0.2) is 0 Å². The Morgan fingerprint density at radius 1 is 1.22 bits per heavy atom. The molecule has 3 rings (SSSR count). The number of hydrogen-bond donors (Lipinski definition) is 1. The van der Waals surface area contributed by atoms with Gasteiger partial charge in [0, 0.05) is 28.1 Å². The normalized spacial score (nSPS) is 11.0. The first-order chi connectivity index (χ1) is 8.65. The summed E-state index contributed by atoms with van der Waals surface area (Å²) in [6.45, 7) is 1.49. The van der Waals surface area contributed by atoms with E-state index in [1.54, 1.807) is 17.4 Å². The Bertz CT molecular complexity index is 763. The van der Waals surface area contributed by atoms with Gasteiger partial charge in [-0.3, -0.25) is 4.79 Å². The summed E-state index contributed by atoms with van der Waals surface area (Å²) in [5, 5.41) is 5.71. The van der Waals surface area contributed by atoms with Crippen LogP contribution in [0, 0.1) is 0 Å². The average molecular weight is 276 g/mol. The van der Waals surface area contributed by atoms with Gasteiger partial charge in [0.15, 0.2) is 0 Å². The summed E-state index contributed by atoms with van der Waals surface area (Å²) < 4.78 is 2.27. The zero-order valence-electron chi connectivity index (χ0n) is 9.66. The van der Waals surface area contributed by atoms with Gasteiger partial charge < -0.3 is 5.32 Å². The number of benzene rings is 2. The van der Waals surface area contributed by atoms with E-state index in [4.69, 9.17) is 11.6 Å². The van der Waals surface area contributed by atoms with Gasteiger partial charge in [-0.1, -0.05) is 29.8 Å². The molecule has 0 saturated heterocycles. The quantitative estimate of drug-likeness (QED) is 0.687. The number of amides is 1. The summed E-state index contributed by atoms with van der Waals surface area (Å²) in [4.78, 5) is 11.1. The molecule has 18 heavy (non-hydrogen) atoms. The number of anilines is 1. The van der Waals surface area contributed by atoms with E-state index in [1.165, 1.54) is 17.0 Å². The fraction of sp³-hybridized carbons (Fsp3) is 0.0714. The maximum Gasteiger partial charge on any atom is 0.221 e. The molecule has 90 valence electrons. The third-order valence-corrected chi connectivity index (χ3v) is 4.38. The Morgan fingerprint density at radius 3 is 2.78 bits per heavy atom. The molecular weight excluding hydrogens is 266 g/mol. The molecule has 3 aromatic rings. The Labute approximate surface area is 113 Å². The van der Waals surface area contributed by atoms with Crippen LogP contribution in [0.5, 0.6) is 0 Å². The molecule has 1 amide bonds. The molecule has 0 saturated carbocycles. The Balaban J connectivity index is 2.33. The molecule has 1 aromatic heterocycles. The van der Waals surface area contributed by atoms with Crippen LogP contribution >= 0.6 is 22.9 Å². The molecule has 2 nitrogen and oxygen atoms in total. The van der Waals surface area contributed by atoms with Crippen LogP contribution in [0.15, 0.2) is 36.4 Å². The summed E-state index contributed by atoms with van der Waals surface area (Å²) >= 11 is 7.95. The van der Waals surface area contributed by atoms with Crippen molar-refractivity contribution in [2.45, 2.75) is 6.92 Å². The minimum Gasteiger partial charge on any atom is -0.326 e. The largest absolute Gasteiger partial charge is 0.326 e. The second-order valence-electron chi connectivity index (χ2n) is 4.11. The molecule has 2 aromatic carbocycles. The van der Waals surface area contributed by atoms with Gasteiger partial charge in [-0.2, -0.15) is 0 Å². The van der Waals surface area contributed by atoms with E-state index in [0.29, 0.717) is 5.02 Å². The summed E-state index contributed by atoms with van der Waals surface area (Å²) in [6, 6.07) is 11.9. The van der Waals surface area contributed by atoms with Crippen LogP contribution in [0.1, 0.15) is 6.92 Å². The van der Waals surface area contributed by atoms with Crippen molar-refractivity contribution < 1.29 is 4.79 Å². The molecule has 0 fully saturated rings. The highest BCUT2D eigenvalue weighted by molar-refractivity contribution is 7.26. The van der Waals surface area contributed by atoms with Crippen molar-refractivity contribution in [3.8, 4) is 0 Å². The molecule has 1 N–H and O–H groups in total. The number of thiophene rings is 1. The van der Waals surface area contributed by atoms with Crippen LogP contribution in [0.25, 0.3) is 20.2 Å². The van der Waals surface area contributed by atoms with Crippen molar-refractivity contribution in [3.63, 3.8) is 0 Å². The van der Waals surface area contributed by atoms with E-state index >= 15 is 0 Å². The maximum atomic E-state index is 11.1. The molecule has 0 atom stereocenters. The lowest BCUT2D eigenvalue weighted by Gasteiger charge is -2.03. The predicted molar refractivity (Wildman–Crippen MR) is 78.6 cm³/mol. The first kappa shape index (κ1) is 11.5. The van der Waals surface area contributed by atoms with Gasteiger partial charge in [-0.05, 0) is 18.2 Å². The molecule has 4 heteroatoms. The molecule has 0 aliphatic rings. The monoisotopic (exact) mass is 275 g/mol. The van der Waals surface area contributed by atoms with Crippen molar-refractivity contribution in [3.05, 3.63) is 41.4 Å². The predicted octanol–water partition coefficient (Wildman–Crippen LogP) is 4.67. The van der Waals surface area contributed by atoms with E-state index in [2.05, 4.69) is 17.4 Å². The van der Waals surface area contributed by atoms with Crippen molar-refractivity contribution in [1.82, 2.24) is 0 Å². The van der Waals surface area contributed by atoms with Crippen molar-refractivity contribution in [1.29, 1.82) is 0 Å². The van der Waals surface area contributed by atoms with E-state index in [1.807, 2.05) is 18.2 Å². The molecule has 0 aliphatic heterocycles. The maximum absolute atomic E-state index is 11.1. The van der Waals surface area contributed by atoms with E-state index in [0.717, 1.165) is 15.8 Å². The van der Waals surface area contributed by atoms with Crippen molar-refractivity contribution in [2.75, 3.05) is 5.32 Å². The number of nitrogens with one attached hydrogen (secondary N) is 1. The lowest BCUT2D eigenvalue weighted by molar-refractivity contribution is -0.114. The zero-order valence-corrected chi connectivity index (χ0v) is 11.2. The highest BCUT2D eigenvalue weighted by Gasteiger charge is 2.09. The van der Waals surface area contributed by atoms with Crippen LogP contribution in [0.4, 0.5) is 5.69 Å². The second-order valence-corrected chi connectivity index (χ2v) is 5.57. The highest BCUT2D eigenvalue weighted by atomic mass is 35.5. The SMILES string of the molecule is CC(=O)Nc1cc(Cl)c2sc3ccccc3c2c1. The van der Waals surface area contributed by atoms with Gasteiger partial charge in [-0.15, -0.1) is 11.3 Å². The van der Waals surface area contributed by atoms with Crippen molar-refractivity contribution >= 4 is 54.7 Å². The first-order valence-corrected chi connectivity index (χ1v) is 6.73. The van der Waals surface area contributed by atoms with Gasteiger partial charge in [0.2, 0.25) is 5.91 Å². The molecule has 0 radical (unpaired) electrons. The minimum absolute atomic E-state index is 0.0926. The lowest BCUT2D eigenvalue weighted by Crippen LogP contribution is -2.05. The van der Waals surface area contributed by atoms with Gasteiger partial charge in [0.1, 0.15) is 0 Å². The molecular formula is C14H10ClNOS. The van der Waals surface area contributed by atoms with Crippen LogP contribution in [-0.4, -0.2) is 5.91 Å². The topological polar surface area (TPSA) is 29.1 Å². The Kier molecular flexibility index (Phi) is 2.73. The number of fused-ring (bicyclic) bond motifs is 3. The number of rotatable bonds is 1. The number of hydrogen-bond acceptors (Lipinski definition) is 2. The third kappa shape index (κ3) is 1.85. The van der Waals surface area contributed by atoms with Crippen LogP contribution in [0.2, 0.25) is 5.02 Å². The summed E-state index contributed by atoms with van der Waals surface area (Å²) in [7, 11) is 0. The fourth-order valence-corrected chi connectivity index (χ4v) is 3.49. The zero-order chi connectivity index (χ0) is 12.7. The van der Waals surface area contributed by atoms with Gasteiger partial charge >= 0.3 is 0 Å². The lowest BCUT2D eigenvalue weighted by atomic mass is 10.1. The van der Waals surface area contributed by atoms with E-state index in [9.17, 15) is 4.79 Å². The molecule has 0 spiro atoms. The number of carbonyl (C=O) groups excluding carboxylic acids is 1. The molecule has 0 aliphatic carbocycles. The number of halogens is 1. The molecule has 0 bridgehead atoms. The highest BCUT2D eigenvalue weighted by Crippen LogP contribution is 2.39. The van der Waals surface area contributed by atoms with Gasteiger partial charge in [0.25, 0.3) is 0 Å². The first-order valence-electron chi connectivity index (χ1n) is 5.53. The molecule has 0 unspecified atom stereocenters. The van der Waals surface area contributed by atoms with Crippen LogP contribution in [-0.2, 0) is 4.79 Å². The molecule has 1 heterocycles. The number of carbonyl (C=O) groups is 1. The van der Waals surface area contributed by atoms with Crippen LogP contribution in [0.3, 0.4) is 0 Å². The smallest absolute Gasteiger partial charge is 0.221 e. The summed E-state index contributed by atoms with van der Waals surface area (Å²) in [6.07, 6.45) is 0. The van der Waals surface area contributed by atoms with E-state index in [-0.39, 0.29) is 5.91 Å². The minimum atomic E-state index is -0.0926. The summed E-state index contributed by atoms with van der Waals surface area (Å²) in [5.74, 6) is -0.0926. The standard InChI is InChI=1S/C14H10ClNOS/c1-8(17)16-9-6-11-10-4-2-3-5-13(10)18-14(11)12(15)7-9/h2-7H,1H3,(H,16,17). The third-order valence-electron chi connectivity index (χ3n) is 2.75. The summed E-state index contributed by atoms with van der Waals surface area (Å²) in [5.41, 5.74) is 0.739. The average Bonchev–Trinajstić information content (AvgIpc) is 2.68. The van der Waals surface area contributed by atoms with Gasteiger partial charge in [0.05, 0.1) is 9.72 Å². The second kappa shape index (κ2) is 4.26. The van der Waals surface area contributed by atoms with Crippen LogP contribution < -0.4 is 5.32 Å². The van der Waals surface area contributed by atoms with Crippen molar-refractivity contribution in [2.24, 2.45) is 0 Å². The fourth-order valence-electron chi connectivity index (χ4n) is 2.06.